The van der Waals surface area contributed by atoms with Crippen molar-refractivity contribution in [2.75, 3.05) is 24.6 Å². The highest BCUT2D eigenvalue weighted by molar-refractivity contribution is 6.30. The van der Waals surface area contributed by atoms with Crippen LogP contribution in [0.2, 0.25) is 5.15 Å². The molecule has 1 saturated heterocycles. The van der Waals surface area contributed by atoms with E-state index in [1.807, 2.05) is 20.8 Å². The molecule has 100 valence electrons. The van der Waals surface area contributed by atoms with E-state index in [0.717, 1.165) is 23.5 Å². The highest BCUT2D eigenvalue weighted by atomic mass is 35.5. The van der Waals surface area contributed by atoms with Gasteiger partial charge in [0.05, 0.1) is 18.8 Å². The molecule has 6 heteroatoms. The van der Waals surface area contributed by atoms with Gasteiger partial charge in [-0.3, -0.25) is 0 Å². The molecule has 0 radical (unpaired) electrons. The van der Waals surface area contributed by atoms with Crippen molar-refractivity contribution in [3.63, 3.8) is 0 Å². The van der Waals surface area contributed by atoms with Crippen LogP contribution in [0.3, 0.4) is 0 Å². The van der Waals surface area contributed by atoms with Gasteiger partial charge in [-0.05, 0) is 31.9 Å². The molecule has 1 aliphatic rings. The first kappa shape index (κ1) is 13.5. The fourth-order valence-electron chi connectivity index (χ4n) is 2.18. The van der Waals surface area contributed by atoms with E-state index in [2.05, 4.69) is 15.1 Å². The van der Waals surface area contributed by atoms with Crippen LogP contribution in [0, 0.1) is 13.8 Å². The third-order valence-electron chi connectivity index (χ3n) is 3.27. The van der Waals surface area contributed by atoms with Gasteiger partial charge in [0.2, 0.25) is 0 Å². The van der Waals surface area contributed by atoms with Gasteiger partial charge in [-0.1, -0.05) is 11.6 Å². The lowest BCUT2D eigenvalue weighted by molar-refractivity contribution is -0.0423. The molecule has 1 fully saturated rings. The molecule has 2 heterocycles. The Kier molecular flexibility index (Phi) is 4.04. The average molecular weight is 272 g/mol. The molecule has 0 aromatic carbocycles. The van der Waals surface area contributed by atoms with Crippen LogP contribution in [-0.4, -0.2) is 47.2 Å². The van der Waals surface area contributed by atoms with Gasteiger partial charge in [0.15, 0.2) is 11.0 Å². The summed E-state index contributed by atoms with van der Waals surface area (Å²) in [6.45, 7) is 7.29. The second-order valence-corrected chi connectivity index (χ2v) is 5.08. The summed E-state index contributed by atoms with van der Waals surface area (Å²) < 4.78 is 5.62. The van der Waals surface area contributed by atoms with E-state index in [9.17, 15) is 5.11 Å². The van der Waals surface area contributed by atoms with Crippen molar-refractivity contribution in [2.24, 2.45) is 0 Å². The molecule has 0 bridgehead atoms. The van der Waals surface area contributed by atoms with Crippen molar-refractivity contribution in [2.45, 2.75) is 33.0 Å². The van der Waals surface area contributed by atoms with Crippen LogP contribution in [0.5, 0.6) is 0 Å². The number of nitrogens with zero attached hydrogens (tertiary/aromatic N) is 3. The molecule has 2 atom stereocenters. The molecule has 0 saturated carbocycles. The van der Waals surface area contributed by atoms with Crippen molar-refractivity contribution >= 4 is 17.4 Å². The third kappa shape index (κ3) is 2.58. The number of hydrogen-bond acceptors (Lipinski definition) is 5. The van der Waals surface area contributed by atoms with E-state index in [0.29, 0.717) is 11.7 Å². The molecule has 1 aromatic rings. The second kappa shape index (κ2) is 5.38. The number of aromatic nitrogens is 2. The maximum absolute atomic E-state index is 9.23. The van der Waals surface area contributed by atoms with Gasteiger partial charge in [-0.15, -0.1) is 10.2 Å². The summed E-state index contributed by atoms with van der Waals surface area (Å²) in [7, 11) is 0. The summed E-state index contributed by atoms with van der Waals surface area (Å²) in [5.74, 6) is 0.825. The van der Waals surface area contributed by atoms with Crippen LogP contribution in [-0.2, 0) is 4.74 Å². The van der Waals surface area contributed by atoms with E-state index >= 15 is 0 Å². The average Bonchev–Trinajstić information content (AvgIpc) is 2.35. The highest BCUT2D eigenvalue weighted by Gasteiger charge is 2.27. The van der Waals surface area contributed by atoms with Crippen LogP contribution >= 0.6 is 11.6 Å². The Hall–Kier alpha value is -0.910. The van der Waals surface area contributed by atoms with Gasteiger partial charge in [0, 0.05) is 13.1 Å². The molecule has 1 aromatic heterocycles. The van der Waals surface area contributed by atoms with Gasteiger partial charge < -0.3 is 14.7 Å². The SMILES string of the molecule is Cc1c(Cl)nnc(N2CC(C)OC(CO)C2)c1C. The lowest BCUT2D eigenvalue weighted by atomic mass is 10.1. The van der Waals surface area contributed by atoms with E-state index in [4.69, 9.17) is 16.3 Å². The van der Waals surface area contributed by atoms with Crippen LogP contribution in [0.1, 0.15) is 18.1 Å². The van der Waals surface area contributed by atoms with E-state index in [-0.39, 0.29) is 18.8 Å². The summed E-state index contributed by atoms with van der Waals surface area (Å²) in [5, 5.41) is 17.8. The molecule has 0 amide bonds. The molecule has 0 spiro atoms. The summed E-state index contributed by atoms with van der Waals surface area (Å²) in [5.41, 5.74) is 1.97. The monoisotopic (exact) mass is 271 g/mol. The maximum Gasteiger partial charge on any atom is 0.155 e. The molecule has 18 heavy (non-hydrogen) atoms. The minimum absolute atomic E-state index is 0.0138. The Morgan fingerprint density at radius 2 is 2.06 bits per heavy atom. The van der Waals surface area contributed by atoms with Gasteiger partial charge in [0.1, 0.15) is 0 Å². The Labute approximate surface area is 112 Å². The molecule has 5 nitrogen and oxygen atoms in total. The van der Waals surface area contributed by atoms with E-state index in [1.54, 1.807) is 0 Å². The smallest absolute Gasteiger partial charge is 0.155 e. The molecular weight excluding hydrogens is 254 g/mol. The molecule has 0 aliphatic carbocycles. The van der Waals surface area contributed by atoms with Crippen LogP contribution in [0.25, 0.3) is 0 Å². The molecular formula is C12H18ClN3O2. The zero-order valence-electron chi connectivity index (χ0n) is 10.9. The number of halogens is 1. The number of aliphatic hydroxyl groups is 1. The first-order chi connectivity index (χ1) is 8.52. The molecule has 2 rings (SSSR count). The number of rotatable bonds is 2. The summed E-state index contributed by atoms with van der Waals surface area (Å²) >= 11 is 5.95. The van der Waals surface area contributed by atoms with Crippen molar-refractivity contribution in [3.8, 4) is 0 Å². The van der Waals surface area contributed by atoms with Crippen LogP contribution in [0.4, 0.5) is 5.82 Å². The predicted octanol–water partition coefficient (Wildman–Crippen LogP) is 1.33. The maximum atomic E-state index is 9.23. The number of ether oxygens (including phenoxy) is 1. The highest BCUT2D eigenvalue weighted by Crippen LogP contribution is 2.26. The predicted molar refractivity (Wildman–Crippen MR) is 70.1 cm³/mol. The lowest BCUT2D eigenvalue weighted by Crippen LogP contribution is -2.48. The standard InChI is InChI=1S/C12H18ClN3O2/c1-7-4-16(5-10(6-17)18-7)12-9(3)8(2)11(13)14-15-12/h7,10,17H,4-6H2,1-3H3. The van der Waals surface area contributed by atoms with Crippen molar-refractivity contribution in [1.29, 1.82) is 0 Å². The van der Waals surface area contributed by atoms with Gasteiger partial charge in [-0.2, -0.15) is 0 Å². The Bertz CT molecular complexity index is 442. The van der Waals surface area contributed by atoms with Crippen molar-refractivity contribution in [3.05, 3.63) is 16.3 Å². The quantitative estimate of drug-likeness (QED) is 0.880. The van der Waals surface area contributed by atoms with Crippen LogP contribution in [0.15, 0.2) is 0 Å². The van der Waals surface area contributed by atoms with Crippen LogP contribution < -0.4 is 4.90 Å². The van der Waals surface area contributed by atoms with E-state index in [1.165, 1.54) is 0 Å². The second-order valence-electron chi connectivity index (χ2n) is 4.72. The topological polar surface area (TPSA) is 58.5 Å². The van der Waals surface area contributed by atoms with E-state index < -0.39 is 0 Å². The fraction of sp³-hybridized carbons (Fsp3) is 0.667. The van der Waals surface area contributed by atoms with Gasteiger partial charge in [-0.25, -0.2) is 0 Å². The Balaban J connectivity index is 2.28. The molecule has 1 aliphatic heterocycles. The normalized spacial score (nSPS) is 24.4. The first-order valence-electron chi connectivity index (χ1n) is 6.03. The zero-order chi connectivity index (χ0) is 13.3. The molecule has 2 unspecified atom stereocenters. The first-order valence-corrected chi connectivity index (χ1v) is 6.41. The summed E-state index contributed by atoms with van der Waals surface area (Å²) in [4.78, 5) is 2.10. The summed E-state index contributed by atoms with van der Waals surface area (Å²) in [6, 6.07) is 0. The van der Waals surface area contributed by atoms with Gasteiger partial charge in [0.25, 0.3) is 0 Å². The minimum Gasteiger partial charge on any atom is -0.394 e. The number of hydrogen-bond donors (Lipinski definition) is 1. The number of aliphatic hydroxyl groups excluding tert-OH is 1. The Morgan fingerprint density at radius 3 is 2.72 bits per heavy atom. The van der Waals surface area contributed by atoms with Gasteiger partial charge >= 0.3 is 0 Å². The third-order valence-corrected chi connectivity index (χ3v) is 3.63. The largest absolute Gasteiger partial charge is 0.394 e. The fourth-order valence-corrected chi connectivity index (χ4v) is 2.36. The molecule has 1 N–H and O–H groups in total. The Morgan fingerprint density at radius 1 is 1.33 bits per heavy atom. The number of anilines is 1. The van der Waals surface area contributed by atoms with Crippen molar-refractivity contribution < 1.29 is 9.84 Å². The number of morpholine rings is 1. The summed E-state index contributed by atoms with van der Waals surface area (Å²) in [6.07, 6.45) is -0.112. The lowest BCUT2D eigenvalue weighted by Gasteiger charge is -2.37. The zero-order valence-corrected chi connectivity index (χ0v) is 11.6. The van der Waals surface area contributed by atoms with Crippen molar-refractivity contribution in [1.82, 2.24) is 10.2 Å². The minimum atomic E-state index is -0.175.